The molecule has 0 fully saturated rings. The first-order valence-electron chi connectivity index (χ1n) is 6.12. The lowest BCUT2D eigenvalue weighted by Crippen LogP contribution is -2.21. The Hall–Kier alpha value is -3.15. The first-order valence-corrected chi connectivity index (χ1v) is 6.12. The second-order valence-corrected chi connectivity index (χ2v) is 4.25. The summed E-state index contributed by atoms with van der Waals surface area (Å²) in [5.74, 6) is -1.09. The van der Waals surface area contributed by atoms with E-state index in [1.165, 1.54) is 6.21 Å². The van der Waals surface area contributed by atoms with Crippen LogP contribution in [0.3, 0.4) is 0 Å². The Morgan fingerprint density at radius 1 is 1.10 bits per heavy atom. The van der Waals surface area contributed by atoms with E-state index in [9.17, 15) is 9.90 Å². The zero-order chi connectivity index (χ0) is 15.2. The third kappa shape index (κ3) is 3.66. The van der Waals surface area contributed by atoms with Gasteiger partial charge in [-0.3, -0.25) is 0 Å². The highest BCUT2D eigenvalue weighted by Crippen LogP contribution is 2.24. The van der Waals surface area contributed by atoms with Crippen molar-refractivity contribution in [1.82, 2.24) is 0 Å². The predicted molar refractivity (Wildman–Crippen MR) is 82.2 cm³/mol. The Bertz CT molecular complexity index is 719. The van der Waals surface area contributed by atoms with Gasteiger partial charge in [-0.25, -0.2) is 4.79 Å². The monoisotopic (exact) mass is 282 g/mol. The number of carbonyl (C=O) groups is 1. The first-order chi connectivity index (χ1) is 10.1. The third-order valence-corrected chi connectivity index (χ3v) is 2.74. The van der Waals surface area contributed by atoms with Gasteiger partial charge in [-0.05, 0) is 28.8 Å². The summed E-state index contributed by atoms with van der Waals surface area (Å²) < 4.78 is 0. The number of aromatic carboxylic acids is 1. The Labute approximate surface area is 121 Å². The van der Waals surface area contributed by atoms with Gasteiger partial charge >= 0.3 is 5.97 Å². The summed E-state index contributed by atoms with van der Waals surface area (Å²) >= 11 is 0. The molecule has 6 heteroatoms. The van der Waals surface area contributed by atoms with Crippen molar-refractivity contribution in [2.45, 2.75) is 0 Å². The van der Waals surface area contributed by atoms with E-state index in [-0.39, 0.29) is 11.5 Å². The van der Waals surface area contributed by atoms with Gasteiger partial charge in [0.05, 0.1) is 11.8 Å². The van der Waals surface area contributed by atoms with Gasteiger partial charge < -0.3 is 16.6 Å². The van der Waals surface area contributed by atoms with Crippen LogP contribution >= 0.6 is 0 Å². The van der Waals surface area contributed by atoms with Gasteiger partial charge in [-0.1, -0.05) is 36.4 Å². The fourth-order valence-corrected chi connectivity index (χ4v) is 1.87. The van der Waals surface area contributed by atoms with E-state index >= 15 is 0 Å². The van der Waals surface area contributed by atoms with E-state index in [4.69, 9.17) is 11.5 Å². The van der Waals surface area contributed by atoms with Crippen LogP contribution in [-0.4, -0.2) is 23.2 Å². The maximum absolute atomic E-state index is 11.3. The zero-order valence-electron chi connectivity index (χ0n) is 11.1. The summed E-state index contributed by atoms with van der Waals surface area (Å²) in [6.07, 6.45) is 1.49. The highest BCUT2D eigenvalue weighted by atomic mass is 16.4. The molecule has 5 N–H and O–H groups in total. The molecule has 106 valence electrons. The quantitative estimate of drug-likeness (QED) is 0.449. The summed E-state index contributed by atoms with van der Waals surface area (Å²) in [6.45, 7) is 0. The molecule has 0 saturated carbocycles. The molecule has 0 aliphatic heterocycles. The Morgan fingerprint density at radius 2 is 1.86 bits per heavy atom. The van der Waals surface area contributed by atoms with Crippen LogP contribution in [0.4, 0.5) is 0 Å². The molecule has 0 spiro atoms. The van der Waals surface area contributed by atoms with Crippen LogP contribution in [0.2, 0.25) is 0 Å². The lowest BCUT2D eigenvalue weighted by Gasteiger charge is -2.06. The van der Waals surface area contributed by atoms with Crippen LogP contribution in [0, 0.1) is 0 Å². The number of hydrogen-bond acceptors (Lipinski definition) is 3. The molecule has 0 amide bonds. The van der Waals surface area contributed by atoms with Crippen molar-refractivity contribution in [3.8, 4) is 11.1 Å². The molecule has 0 atom stereocenters. The average molecular weight is 282 g/mol. The minimum atomic E-state index is -0.967. The molecule has 0 unspecified atom stereocenters. The molecule has 0 aliphatic rings. The highest BCUT2D eigenvalue weighted by Gasteiger charge is 2.10. The van der Waals surface area contributed by atoms with E-state index in [1.807, 2.05) is 24.3 Å². The molecule has 0 radical (unpaired) electrons. The zero-order valence-corrected chi connectivity index (χ0v) is 11.1. The molecular weight excluding hydrogens is 268 g/mol. The second-order valence-electron chi connectivity index (χ2n) is 4.25. The van der Waals surface area contributed by atoms with Gasteiger partial charge in [-0.15, -0.1) is 5.10 Å². The van der Waals surface area contributed by atoms with Crippen LogP contribution in [0.25, 0.3) is 11.1 Å². The van der Waals surface area contributed by atoms with E-state index in [2.05, 4.69) is 10.2 Å². The number of nitrogens with two attached hydrogens (primary N) is 2. The van der Waals surface area contributed by atoms with Crippen molar-refractivity contribution in [3.05, 3.63) is 59.7 Å². The van der Waals surface area contributed by atoms with Crippen molar-refractivity contribution < 1.29 is 9.90 Å². The van der Waals surface area contributed by atoms with Crippen molar-refractivity contribution in [2.24, 2.45) is 21.7 Å². The molecule has 2 aromatic carbocycles. The molecule has 0 aromatic heterocycles. The topological polar surface area (TPSA) is 114 Å². The Kier molecular flexibility index (Phi) is 4.30. The van der Waals surface area contributed by atoms with Crippen LogP contribution in [0.1, 0.15) is 15.9 Å². The number of carboxylic acid groups (broad SMARTS) is 1. The van der Waals surface area contributed by atoms with Crippen molar-refractivity contribution in [1.29, 1.82) is 0 Å². The minimum Gasteiger partial charge on any atom is -0.478 e. The lowest BCUT2D eigenvalue weighted by atomic mass is 9.98. The summed E-state index contributed by atoms with van der Waals surface area (Å²) in [5, 5.41) is 16.5. The van der Waals surface area contributed by atoms with Crippen molar-refractivity contribution in [2.75, 3.05) is 0 Å². The number of guanidine groups is 1. The van der Waals surface area contributed by atoms with Gasteiger partial charge in [-0.2, -0.15) is 5.10 Å². The fraction of sp³-hybridized carbons (Fsp3) is 0. The van der Waals surface area contributed by atoms with Crippen LogP contribution in [0.5, 0.6) is 0 Å². The molecule has 2 aromatic rings. The molecular formula is C15H14N4O2. The average Bonchev–Trinajstić information content (AvgIpc) is 2.47. The maximum Gasteiger partial charge on any atom is 0.336 e. The maximum atomic E-state index is 11.3. The van der Waals surface area contributed by atoms with Gasteiger partial charge in [0.15, 0.2) is 0 Å². The number of rotatable bonds is 4. The molecule has 0 heterocycles. The largest absolute Gasteiger partial charge is 0.478 e. The van der Waals surface area contributed by atoms with Crippen LogP contribution < -0.4 is 11.5 Å². The van der Waals surface area contributed by atoms with E-state index in [1.54, 1.807) is 24.3 Å². The third-order valence-electron chi connectivity index (χ3n) is 2.74. The minimum absolute atomic E-state index is 0.126. The molecule has 21 heavy (non-hydrogen) atoms. The van der Waals surface area contributed by atoms with Gasteiger partial charge in [0.2, 0.25) is 5.96 Å². The SMILES string of the molecule is NC(N)=NN=Cc1cccc(-c2ccccc2C(=O)O)c1. The number of hydrogen-bond donors (Lipinski definition) is 3. The number of benzene rings is 2. The van der Waals surface area contributed by atoms with E-state index in [0.29, 0.717) is 5.56 Å². The summed E-state index contributed by atoms with van der Waals surface area (Å²) in [6, 6.07) is 14.1. The predicted octanol–water partition coefficient (Wildman–Crippen LogP) is 1.66. The standard InChI is InChI=1S/C15H14N4O2/c16-15(17)19-18-9-10-4-3-5-11(8-10)12-6-1-2-7-13(12)14(20)21/h1-9H,(H,20,21)(H4,16,17,19). The van der Waals surface area contributed by atoms with E-state index in [0.717, 1.165) is 11.1 Å². The number of carboxylic acids is 1. The highest BCUT2D eigenvalue weighted by molar-refractivity contribution is 5.96. The molecule has 0 saturated heterocycles. The molecule has 0 bridgehead atoms. The molecule has 2 rings (SSSR count). The normalized spacial score (nSPS) is 10.5. The first kappa shape index (κ1) is 14.3. The van der Waals surface area contributed by atoms with Gasteiger partial charge in [0.25, 0.3) is 0 Å². The smallest absolute Gasteiger partial charge is 0.336 e. The lowest BCUT2D eigenvalue weighted by molar-refractivity contribution is 0.0697. The van der Waals surface area contributed by atoms with Gasteiger partial charge in [0, 0.05) is 0 Å². The van der Waals surface area contributed by atoms with Crippen LogP contribution in [0.15, 0.2) is 58.7 Å². The van der Waals surface area contributed by atoms with Crippen LogP contribution in [-0.2, 0) is 0 Å². The fourth-order valence-electron chi connectivity index (χ4n) is 1.87. The summed E-state index contributed by atoms with van der Waals surface area (Å²) in [7, 11) is 0. The Balaban J connectivity index is 2.40. The molecule has 6 nitrogen and oxygen atoms in total. The Morgan fingerprint density at radius 3 is 2.57 bits per heavy atom. The van der Waals surface area contributed by atoms with Crippen molar-refractivity contribution >= 4 is 18.1 Å². The van der Waals surface area contributed by atoms with Crippen molar-refractivity contribution in [3.63, 3.8) is 0 Å². The molecule has 0 aliphatic carbocycles. The number of nitrogens with zero attached hydrogens (tertiary/aromatic N) is 2. The summed E-state index contributed by atoms with van der Waals surface area (Å²) in [5.41, 5.74) is 12.8. The second kappa shape index (κ2) is 6.33. The summed E-state index contributed by atoms with van der Waals surface area (Å²) in [4.78, 5) is 11.3. The van der Waals surface area contributed by atoms with Gasteiger partial charge in [0.1, 0.15) is 0 Å². The van der Waals surface area contributed by atoms with E-state index < -0.39 is 5.97 Å².